The van der Waals surface area contributed by atoms with Gasteiger partial charge in [-0.1, -0.05) is 18.2 Å². The Hall–Kier alpha value is -3.48. The van der Waals surface area contributed by atoms with Crippen LogP contribution in [-0.4, -0.2) is 41.8 Å². The number of para-hydroxylation sites is 2. The fourth-order valence-corrected chi connectivity index (χ4v) is 3.58. The first-order chi connectivity index (χ1) is 15.2. The first-order valence-electron chi connectivity index (χ1n) is 10.7. The van der Waals surface area contributed by atoms with Crippen molar-refractivity contribution in [3.63, 3.8) is 0 Å². The van der Waals surface area contributed by atoms with Crippen molar-refractivity contribution < 1.29 is 9.47 Å². The summed E-state index contributed by atoms with van der Waals surface area (Å²) in [5.74, 6) is 3.28. The van der Waals surface area contributed by atoms with E-state index in [1.807, 2.05) is 43.3 Å². The quantitative estimate of drug-likeness (QED) is 0.261. The molecule has 2 aromatic carbocycles. The van der Waals surface area contributed by atoms with Gasteiger partial charge in [0.15, 0.2) is 17.5 Å². The molecule has 1 aliphatic rings. The molecule has 0 unspecified atom stereocenters. The maximum atomic E-state index is 5.79. The van der Waals surface area contributed by atoms with Crippen molar-refractivity contribution in [2.45, 2.75) is 26.3 Å². The molecule has 0 bridgehead atoms. The second-order valence-electron chi connectivity index (χ2n) is 7.39. The van der Waals surface area contributed by atoms with Gasteiger partial charge in [-0.2, -0.15) is 0 Å². The van der Waals surface area contributed by atoms with Crippen LogP contribution in [0.4, 0.5) is 5.69 Å². The Morgan fingerprint density at radius 2 is 2.03 bits per heavy atom. The zero-order chi connectivity index (χ0) is 21.5. The van der Waals surface area contributed by atoms with Crippen LogP contribution in [-0.2, 0) is 6.54 Å². The van der Waals surface area contributed by atoms with Crippen molar-refractivity contribution >= 4 is 22.7 Å². The second-order valence-corrected chi connectivity index (χ2v) is 7.39. The van der Waals surface area contributed by atoms with Crippen LogP contribution >= 0.6 is 0 Å². The number of aryl methyl sites for hydroxylation is 2. The largest absolute Gasteiger partial charge is 0.490 e. The number of nitrogens with one attached hydrogen (secondary N) is 2. The number of fused-ring (bicyclic) bond motifs is 2. The summed E-state index contributed by atoms with van der Waals surface area (Å²) in [6, 6.07) is 14.1. The molecule has 31 heavy (non-hydrogen) atoms. The number of hydrogen-bond donors (Lipinski definition) is 2. The highest BCUT2D eigenvalue weighted by Gasteiger charge is 2.11. The molecule has 1 aromatic heterocycles. The van der Waals surface area contributed by atoms with Gasteiger partial charge in [-0.15, -0.1) is 6.58 Å². The van der Waals surface area contributed by atoms with E-state index in [1.165, 1.54) is 5.52 Å². The molecular weight excluding hydrogens is 390 g/mol. The van der Waals surface area contributed by atoms with Crippen LogP contribution < -0.4 is 20.1 Å². The topological polar surface area (TPSA) is 72.7 Å². The molecule has 7 nitrogen and oxygen atoms in total. The average Bonchev–Trinajstić information content (AvgIpc) is 2.94. The minimum absolute atomic E-state index is 0.627. The molecule has 2 heterocycles. The highest BCUT2D eigenvalue weighted by molar-refractivity contribution is 5.94. The van der Waals surface area contributed by atoms with Gasteiger partial charge in [0, 0.05) is 37.8 Å². The summed E-state index contributed by atoms with van der Waals surface area (Å²) in [6.07, 6.45) is 3.60. The van der Waals surface area contributed by atoms with E-state index < -0.39 is 0 Å². The molecule has 0 amide bonds. The number of guanidine groups is 1. The summed E-state index contributed by atoms with van der Waals surface area (Å²) < 4.78 is 13.7. The Balaban J connectivity index is 1.41. The first-order valence-corrected chi connectivity index (χ1v) is 10.7. The van der Waals surface area contributed by atoms with Gasteiger partial charge in [0.05, 0.1) is 24.2 Å². The Kier molecular flexibility index (Phi) is 6.72. The van der Waals surface area contributed by atoms with Crippen molar-refractivity contribution in [1.29, 1.82) is 0 Å². The summed E-state index contributed by atoms with van der Waals surface area (Å²) in [6.45, 7) is 9.35. The summed E-state index contributed by atoms with van der Waals surface area (Å²) >= 11 is 0. The van der Waals surface area contributed by atoms with Crippen LogP contribution in [0.25, 0.3) is 11.0 Å². The average molecular weight is 420 g/mol. The molecule has 4 rings (SSSR count). The normalized spacial score (nSPS) is 13.6. The molecule has 0 fully saturated rings. The van der Waals surface area contributed by atoms with E-state index in [2.05, 4.69) is 38.9 Å². The Bertz CT molecular complexity index is 1070. The Labute approximate surface area is 182 Å². The van der Waals surface area contributed by atoms with Crippen LogP contribution in [0.15, 0.2) is 60.1 Å². The summed E-state index contributed by atoms with van der Waals surface area (Å²) in [4.78, 5) is 9.37. The van der Waals surface area contributed by atoms with Crippen LogP contribution in [0, 0.1) is 6.92 Å². The van der Waals surface area contributed by atoms with Crippen molar-refractivity contribution in [3.8, 4) is 11.5 Å². The molecule has 2 N–H and O–H groups in total. The zero-order valence-electron chi connectivity index (χ0n) is 17.9. The van der Waals surface area contributed by atoms with Gasteiger partial charge in [0.2, 0.25) is 0 Å². The zero-order valence-corrected chi connectivity index (χ0v) is 17.9. The number of aliphatic imine (C=N–C) groups is 1. The smallest absolute Gasteiger partial charge is 0.196 e. The van der Waals surface area contributed by atoms with Gasteiger partial charge in [0.25, 0.3) is 0 Å². The SMILES string of the molecule is C=CCNC(=NCCCn1c(C)nc2ccccc21)Nc1ccc2c(c1)OCCCO2. The molecule has 162 valence electrons. The summed E-state index contributed by atoms with van der Waals surface area (Å²) in [7, 11) is 0. The van der Waals surface area contributed by atoms with Gasteiger partial charge in [0.1, 0.15) is 5.82 Å². The highest BCUT2D eigenvalue weighted by Crippen LogP contribution is 2.32. The van der Waals surface area contributed by atoms with Crippen LogP contribution in [0.1, 0.15) is 18.7 Å². The lowest BCUT2D eigenvalue weighted by Crippen LogP contribution is -2.31. The Morgan fingerprint density at radius 3 is 2.90 bits per heavy atom. The first kappa shape index (κ1) is 20.8. The highest BCUT2D eigenvalue weighted by atomic mass is 16.5. The number of hydrogen-bond acceptors (Lipinski definition) is 4. The van der Waals surface area contributed by atoms with Gasteiger partial charge in [-0.25, -0.2) is 4.98 Å². The molecule has 0 saturated heterocycles. The Morgan fingerprint density at radius 1 is 1.19 bits per heavy atom. The predicted molar refractivity (Wildman–Crippen MR) is 125 cm³/mol. The van der Waals surface area contributed by atoms with Gasteiger partial charge in [-0.3, -0.25) is 4.99 Å². The number of imidazole rings is 1. The van der Waals surface area contributed by atoms with Crippen LogP contribution in [0.2, 0.25) is 0 Å². The van der Waals surface area contributed by atoms with Crippen molar-refractivity contribution in [2.24, 2.45) is 4.99 Å². The number of nitrogens with zero attached hydrogens (tertiary/aromatic N) is 3. The monoisotopic (exact) mass is 419 g/mol. The number of rotatable bonds is 7. The van der Waals surface area contributed by atoms with Crippen LogP contribution in [0.5, 0.6) is 11.5 Å². The van der Waals surface area contributed by atoms with E-state index in [4.69, 9.17) is 14.5 Å². The lowest BCUT2D eigenvalue weighted by molar-refractivity contribution is 0.297. The fraction of sp³-hybridized carbons (Fsp3) is 0.333. The molecular formula is C24H29N5O2. The minimum Gasteiger partial charge on any atom is -0.490 e. The van der Waals surface area contributed by atoms with Gasteiger partial charge >= 0.3 is 0 Å². The van der Waals surface area contributed by atoms with Crippen LogP contribution in [0.3, 0.4) is 0 Å². The fourth-order valence-electron chi connectivity index (χ4n) is 3.58. The summed E-state index contributed by atoms with van der Waals surface area (Å²) in [5.41, 5.74) is 3.10. The lowest BCUT2D eigenvalue weighted by Gasteiger charge is -2.14. The third kappa shape index (κ3) is 5.17. The minimum atomic E-state index is 0.627. The third-order valence-corrected chi connectivity index (χ3v) is 5.08. The predicted octanol–water partition coefficient (Wildman–Crippen LogP) is 4.14. The molecule has 1 aliphatic heterocycles. The molecule has 0 atom stereocenters. The number of aromatic nitrogens is 2. The number of ether oxygens (including phenoxy) is 2. The maximum absolute atomic E-state index is 5.79. The molecule has 0 aliphatic carbocycles. The van der Waals surface area contributed by atoms with E-state index in [1.54, 1.807) is 0 Å². The van der Waals surface area contributed by atoms with E-state index in [0.717, 1.165) is 47.9 Å². The van der Waals surface area contributed by atoms with E-state index in [-0.39, 0.29) is 0 Å². The lowest BCUT2D eigenvalue weighted by atomic mass is 10.2. The molecule has 0 radical (unpaired) electrons. The molecule has 0 saturated carbocycles. The number of benzene rings is 2. The van der Waals surface area contributed by atoms with Crippen molar-refractivity contribution in [2.75, 3.05) is 31.6 Å². The third-order valence-electron chi connectivity index (χ3n) is 5.08. The van der Waals surface area contributed by atoms with Crippen molar-refractivity contribution in [1.82, 2.24) is 14.9 Å². The van der Waals surface area contributed by atoms with E-state index in [9.17, 15) is 0 Å². The standard InChI is InChI=1S/C24H29N5O2/c1-3-12-25-24(28-19-10-11-22-23(17-19)31-16-7-15-30-22)26-13-6-14-29-18(2)27-20-8-4-5-9-21(20)29/h3-5,8-11,17H,1,6-7,12-16H2,2H3,(H2,25,26,28). The summed E-state index contributed by atoms with van der Waals surface area (Å²) in [5, 5.41) is 6.63. The molecule has 7 heteroatoms. The molecule has 0 spiro atoms. The van der Waals surface area contributed by atoms with E-state index >= 15 is 0 Å². The van der Waals surface area contributed by atoms with E-state index in [0.29, 0.717) is 32.3 Å². The van der Waals surface area contributed by atoms with Gasteiger partial charge in [-0.05, 0) is 37.6 Å². The maximum Gasteiger partial charge on any atom is 0.196 e. The number of anilines is 1. The van der Waals surface area contributed by atoms with Gasteiger partial charge < -0.3 is 24.7 Å². The second kappa shape index (κ2) is 10.0. The van der Waals surface area contributed by atoms with Crippen molar-refractivity contribution in [3.05, 3.63) is 60.9 Å². The molecule has 3 aromatic rings.